The first-order valence-corrected chi connectivity index (χ1v) is 2.23. The van der Waals surface area contributed by atoms with Gasteiger partial charge in [-0.3, -0.25) is 4.79 Å². The van der Waals surface area contributed by atoms with Gasteiger partial charge in [-0.1, -0.05) is 0 Å². The number of hydrogen-bond acceptors (Lipinski definition) is 5. The van der Waals surface area contributed by atoms with E-state index < -0.39 is 11.8 Å². The fourth-order valence-electron chi connectivity index (χ4n) is 0.357. The maximum Gasteiger partial charge on any atom is 0.380 e. The molecule has 0 spiro atoms. The average Bonchev–Trinajstić information content (AvgIpc) is 2.36. The molecule has 10 heavy (non-hydrogen) atoms. The lowest BCUT2D eigenvalue weighted by atomic mass is 10.4. The highest BCUT2D eigenvalue weighted by molar-refractivity contribution is 6.38. The zero-order valence-electron chi connectivity index (χ0n) is 4.61. The van der Waals surface area contributed by atoms with Crippen molar-refractivity contribution in [1.82, 2.24) is 20.6 Å². The molecule has 0 aliphatic rings. The maximum absolute atomic E-state index is 10.4. The predicted octanol–water partition coefficient (Wildman–Crippen LogP) is -1.53. The molecule has 0 saturated carbocycles. The first-order valence-electron chi connectivity index (χ1n) is 2.23. The van der Waals surface area contributed by atoms with Gasteiger partial charge in [0.2, 0.25) is 5.82 Å². The number of hydrogen-bond donors (Lipinski definition) is 2. The number of rotatable bonds is 2. The van der Waals surface area contributed by atoms with Crippen molar-refractivity contribution in [3.63, 3.8) is 0 Å². The quantitative estimate of drug-likeness (QED) is 0.383. The molecule has 1 aromatic heterocycles. The number of aromatic amines is 1. The lowest BCUT2D eigenvalue weighted by Crippen LogP contribution is -2.14. The Kier molecular flexibility index (Phi) is 1.40. The monoisotopic (exact) mass is 142 g/mol. The van der Waals surface area contributed by atoms with E-state index in [9.17, 15) is 9.59 Å². The molecular weight excluding hydrogens is 140 g/mol. The second-order valence-corrected chi connectivity index (χ2v) is 1.38. The van der Waals surface area contributed by atoms with Gasteiger partial charge in [0.25, 0.3) is 0 Å². The van der Waals surface area contributed by atoms with Gasteiger partial charge < -0.3 is 5.11 Å². The van der Waals surface area contributed by atoms with E-state index >= 15 is 0 Å². The van der Waals surface area contributed by atoms with Crippen LogP contribution in [0.3, 0.4) is 0 Å². The summed E-state index contributed by atoms with van der Waals surface area (Å²) in [7, 11) is 0. The van der Waals surface area contributed by atoms with Crippen LogP contribution in [0.1, 0.15) is 10.6 Å². The molecule has 0 radical (unpaired) electrons. The molecule has 0 amide bonds. The first-order chi connectivity index (χ1) is 4.72. The van der Waals surface area contributed by atoms with Crippen LogP contribution in [0.15, 0.2) is 0 Å². The van der Waals surface area contributed by atoms with Gasteiger partial charge in [0.1, 0.15) is 0 Å². The van der Waals surface area contributed by atoms with E-state index in [0.717, 1.165) is 0 Å². The van der Waals surface area contributed by atoms with Gasteiger partial charge in [0.05, 0.1) is 0 Å². The third-order valence-corrected chi connectivity index (χ3v) is 0.755. The number of aliphatic carboxylic acids is 1. The Morgan fingerprint density at radius 3 is 2.60 bits per heavy atom. The summed E-state index contributed by atoms with van der Waals surface area (Å²) >= 11 is 0. The molecule has 0 fully saturated rings. The Hall–Kier alpha value is -1.79. The molecule has 0 aromatic carbocycles. The molecule has 0 bridgehead atoms. The minimum Gasteiger partial charge on any atom is -0.475 e. The molecule has 52 valence electrons. The number of carboxylic acids is 1. The summed E-state index contributed by atoms with van der Waals surface area (Å²) in [5, 5.41) is 19.2. The Bertz CT molecular complexity index is 253. The predicted molar refractivity (Wildman–Crippen MR) is 26.1 cm³/mol. The summed E-state index contributed by atoms with van der Waals surface area (Å²) in [5.41, 5.74) is 0. The normalized spacial score (nSPS) is 9.20. The number of carbonyl (C=O) groups is 2. The molecule has 0 unspecified atom stereocenters. The number of nitrogens with zero attached hydrogens (tertiary/aromatic N) is 3. The lowest BCUT2D eigenvalue weighted by Gasteiger charge is -1.82. The van der Waals surface area contributed by atoms with Crippen LogP contribution >= 0.6 is 0 Å². The number of Topliss-reactive ketones (excluding diaryl/α,β-unsaturated/α-hetero) is 1. The van der Waals surface area contributed by atoms with Crippen molar-refractivity contribution >= 4 is 11.8 Å². The molecule has 1 aromatic rings. The van der Waals surface area contributed by atoms with Crippen molar-refractivity contribution in [2.75, 3.05) is 0 Å². The number of carboxylic acid groups (broad SMARTS) is 1. The van der Waals surface area contributed by atoms with Crippen LogP contribution in [0.25, 0.3) is 0 Å². The van der Waals surface area contributed by atoms with Crippen molar-refractivity contribution in [1.29, 1.82) is 0 Å². The highest BCUT2D eigenvalue weighted by atomic mass is 16.4. The molecule has 1 heterocycles. The summed E-state index contributed by atoms with van der Waals surface area (Å²) in [5.74, 6) is -3.10. The molecule has 7 heteroatoms. The van der Waals surface area contributed by atoms with Crippen molar-refractivity contribution in [3.05, 3.63) is 5.82 Å². The van der Waals surface area contributed by atoms with Crippen LogP contribution in [0.2, 0.25) is 0 Å². The van der Waals surface area contributed by atoms with Crippen molar-refractivity contribution in [2.45, 2.75) is 0 Å². The first kappa shape index (κ1) is 6.33. The van der Waals surface area contributed by atoms with Gasteiger partial charge in [0, 0.05) is 0 Å². The van der Waals surface area contributed by atoms with Gasteiger partial charge >= 0.3 is 11.8 Å². The fraction of sp³-hybridized carbons (Fsp3) is 0. The molecular formula is C3H2N4O3. The zero-order chi connectivity index (χ0) is 7.56. The maximum atomic E-state index is 10.4. The van der Waals surface area contributed by atoms with Crippen LogP contribution in [0, 0.1) is 0 Å². The number of ketones is 1. The second kappa shape index (κ2) is 2.21. The topological polar surface area (TPSA) is 109 Å². The minimum atomic E-state index is -1.58. The summed E-state index contributed by atoms with van der Waals surface area (Å²) in [6, 6.07) is 0. The van der Waals surface area contributed by atoms with Crippen LogP contribution in [0.4, 0.5) is 0 Å². The Morgan fingerprint density at radius 1 is 1.50 bits per heavy atom. The highest BCUT2D eigenvalue weighted by Gasteiger charge is 2.17. The van der Waals surface area contributed by atoms with E-state index in [1.165, 1.54) is 0 Å². The van der Waals surface area contributed by atoms with Gasteiger partial charge in [-0.25, -0.2) is 9.89 Å². The van der Waals surface area contributed by atoms with Crippen LogP contribution in [0.5, 0.6) is 0 Å². The van der Waals surface area contributed by atoms with E-state index in [0.29, 0.717) is 0 Å². The standard InChI is InChI=1S/C3H2N4O3/c8-1(3(9)10)2-4-6-7-5-2/h(H,9,10)(H,4,5,6,7). The van der Waals surface area contributed by atoms with Gasteiger partial charge in [-0.15, -0.1) is 5.10 Å². The molecule has 0 aliphatic heterocycles. The second-order valence-electron chi connectivity index (χ2n) is 1.38. The summed E-state index contributed by atoms with van der Waals surface area (Å²) < 4.78 is 0. The molecule has 0 aliphatic carbocycles. The van der Waals surface area contributed by atoms with E-state index in [1.54, 1.807) is 0 Å². The third-order valence-electron chi connectivity index (χ3n) is 0.755. The van der Waals surface area contributed by atoms with Crippen LogP contribution in [-0.4, -0.2) is 37.5 Å². The molecule has 2 N–H and O–H groups in total. The summed E-state index contributed by atoms with van der Waals surface area (Å²) in [6.07, 6.45) is 0. The molecule has 1 rings (SSSR count). The molecule has 0 saturated heterocycles. The third kappa shape index (κ3) is 0.966. The lowest BCUT2D eigenvalue weighted by molar-refractivity contribution is -0.131. The molecule has 0 atom stereocenters. The van der Waals surface area contributed by atoms with Gasteiger partial charge in [-0.05, 0) is 10.4 Å². The van der Waals surface area contributed by atoms with Gasteiger partial charge in [0.15, 0.2) is 0 Å². The largest absolute Gasteiger partial charge is 0.475 e. The van der Waals surface area contributed by atoms with Crippen LogP contribution < -0.4 is 0 Å². The van der Waals surface area contributed by atoms with Crippen molar-refractivity contribution in [3.8, 4) is 0 Å². The Morgan fingerprint density at radius 2 is 2.20 bits per heavy atom. The van der Waals surface area contributed by atoms with Crippen molar-refractivity contribution in [2.24, 2.45) is 0 Å². The summed E-state index contributed by atoms with van der Waals surface area (Å²) in [6.45, 7) is 0. The van der Waals surface area contributed by atoms with E-state index in [4.69, 9.17) is 5.11 Å². The average molecular weight is 142 g/mol. The minimum absolute atomic E-state index is 0.368. The van der Waals surface area contributed by atoms with Gasteiger partial charge in [-0.2, -0.15) is 0 Å². The number of aromatic nitrogens is 4. The number of nitrogens with one attached hydrogen (secondary N) is 1. The fourth-order valence-corrected chi connectivity index (χ4v) is 0.357. The Labute approximate surface area is 54.1 Å². The highest BCUT2D eigenvalue weighted by Crippen LogP contribution is 1.84. The van der Waals surface area contributed by atoms with Crippen LogP contribution in [-0.2, 0) is 4.79 Å². The molecule has 7 nitrogen and oxygen atoms in total. The van der Waals surface area contributed by atoms with E-state index in [-0.39, 0.29) is 5.82 Å². The smallest absolute Gasteiger partial charge is 0.380 e. The van der Waals surface area contributed by atoms with E-state index in [2.05, 4.69) is 15.5 Å². The number of carbonyl (C=O) groups excluding carboxylic acids is 1. The zero-order valence-corrected chi connectivity index (χ0v) is 4.61. The van der Waals surface area contributed by atoms with Crippen molar-refractivity contribution < 1.29 is 14.7 Å². The van der Waals surface area contributed by atoms with E-state index in [1.807, 2.05) is 5.10 Å². The number of H-pyrrole nitrogens is 1. The SMILES string of the molecule is O=C(O)C(=O)c1nnn[nH]1. The Balaban J connectivity index is 2.88. The summed E-state index contributed by atoms with van der Waals surface area (Å²) in [4.78, 5) is 20.4. The number of tetrazole rings is 1.